The molecule has 1 atom stereocenters. The van der Waals surface area contributed by atoms with Gasteiger partial charge < -0.3 is 15.0 Å². The van der Waals surface area contributed by atoms with Gasteiger partial charge in [0.15, 0.2) is 6.10 Å². The van der Waals surface area contributed by atoms with Gasteiger partial charge >= 0.3 is 0 Å². The summed E-state index contributed by atoms with van der Waals surface area (Å²) >= 11 is 12.1. The highest BCUT2D eigenvalue weighted by Gasteiger charge is 2.34. The highest BCUT2D eigenvalue weighted by Crippen LogP contribution is 2.36. The van der Waals surface area contributed by atoms with Crippen LogP contribution in [0.4, 0.5) is 5.69 Å². The molecule has 1 saturated heterocycles. The fourth-order valence-electron chi connectivity index (χ4n) is 3.03. The molecule has 8 heteroatoms. The second-order valence-corrected chi connectivity index (χ2v) is 8.43. The van der Waals surface area contributed by atoms with Crippen molar-refractivity contribution >= 4 is 57.4 Å². The molecule has 5 nitrogen and oxygen atoms in total. The van der Waals surface area contributed by atoms with Gasteiger partial charge in [-0.05, 0) is 29.8 Å². The van der Waals surface area contributed by atoms with E-state index in [0.29, 0.717) is 26.5 Å². The summed E-state index contributed by atoms with van der Waals surface area (Å²) in [7, 11) is 0. The molecule has 2 aliphatic heterocycles. The van der Waals surface area contributed by atoms with Gasteiger partial charge in [0.1, 0.15) is 10.1 Å². The molecule has 28 heavy (non-hydrogen) atoms. The molecular formula is C20H15ClN2O3S2. The number of rotatable bonds is 4. The van der Waals surface area contributed by atoms with Crippen molar-refractivity contribution in [3.05, 3.63) is 70.1 Å². The Morgan fingerprint density at radius 1 is 1.18 bits per heavy atom. The molecule has 0 bridgehead atoms. The quantitative estimate of drug-likeness (QED) is 0.585. The number of halogens is 1. The second-order valence-electron chi connectivity index (χ2n) is 6.27. The van der Waals surface area contributed by atoms with Crippen molar-refractivity contribution in [3.8, 4) is 5.75 Å². The van der Waals surface area contributed by atoms with Crippen LogP contribution in [0.3, 0.4) is 0 Å². The van der Waals surface area contributed by atoms with Crippen LogP contribution in [-0.2, 0) is 16.1 Å². The molecule has 0 aliphatic carbocycles. The van der Waals surface area contributed by atoms with E-state index in [0.717, 1.165) is 11.3 Å². The van der Waals surface area contributed by atoms with E-state index in [9.17, 15) is 9.59 Å². The minimum atomic E-state index is -0.711. The van der Waals surface area contributed by atoms with Gasteiger partial charge in [0.25, 0.3) is 11.8 Å². The molecule has 2 aromatic rings. The van der Waals surface area contributed by atoms with Gasteiger partial charge in [-0.1, -0.05) is 65.9 Å². The number of thiocarbonyl (C=S) groups is 1. The third kappa shape index (κ3) is 3.92. The van der Waals surface area contributed by atoms with Gasteiger partial charge in [-0.3, -0.25) is 9.59 Å². The Kier molecular flexibility index (Phi) is 5.39. The van der Waals surface area contributed by atoms with Crippen molar-refractivity contribution in [1.82, 2.24) is 5.32 Å². The van der Waals surface area contributed by atoms with Crippen LogP contribution in [0.25, 0.3) is 0 Å². The number of carbonyl (C=O) groups excluding carboxylic acids is 2. The van der Waals surface area contributed by atoms with Gasteiger partial charge in [0.2, 0.25) is 0 Å². The first-order valence-electron chi connectivity index (χ1n) is 8.56. The molecule has 2 heterocycles. The minimum Gasteiger partial charge on any atom is -0.478 e. The number of carbonyl (C=O) groups is 2. The van der Waals surface area contributed by atoms with Crippen LogP contribution < -0.4 is 15.0 Å². The predicted molar refractivity (Wildman–Crippen MR) is 115 cm³/mol. The monoisotopic (exact) mass is 430 g/mol. The molecule has 1 unspecified atom stereocenters. The molecule has 0 saturated carbocycles. The molecular weight excluding hydrogens is 416 g/mol. The average molecular weight is 431 g/mol. The highest BCUT2D eigenvalue weighted by atomic mass is 35.5. The number of benzene rings is 2. The molecule has 0 aromatic heterocycles. The number of fused-ring (bicyclic) bond motifs is 1. The molecule has 2 amide bonds. The number of hydrogen-bond acceptors (Lipinski definition) is 5. The van der Waals surface area contributed by atoms with Gasteiger partial charge in [-0.2, -0.15) is 0 Å². The fraction of sp³-hybridized carbons (Fsp3) is 0.150. The standard InChI is InChI=1S/C20H15ClN2O3S2/c21-13-7-5-12(6-8-13)11-23-14-3-1-2-4-15(14)26-16(19(23)25)9-10-17-18(24)22-20(27)28-17/h1-8,10,16H,9,11H2,(H,22,24,27)/b17-10-. The SMILES string of the molecule is O=C1NC(=S)S/C1=C\CC1Oc2ccccc2N(Cc2ccc(Cl)cc2)C1=O. The lowest BCUT2D eigenvalue weighted by atomic mass is 10.1. The van der Waals surface area contributed by atoms with Crippen molar-refractivity contribution < 1.29 is 14.3 Å². The number of nitrogens with zero attached hydrogens (tertiary/aromatic N) is 1. The van der Waals surface area contributed by atoms with Crippen LogP contribution in [0.1, 0.15) is 12.0 Å². The van der Waals surface area contributed by atoms with Crippen molar-refractivity contribution in [2.75, 3.05) is 4.90 Å². The largest absolute Gasteiger partial charge is 0.478 e. The Hall–Kier alpha value is -2.35. The molecule has 4 rings (SSSR count). The van der Waals surface area contributed by atoms with Crippen LogP contribution in [0.5, 0.6) is 5.75 Å². The minimum absolute atomic E-state index is 0.156. The fourth-order valence-corrected chi connectivity index (χ4v) is 4.19. The van der Waals surface area contributed by atoms with Crippen molar-refractivity contribution in [2.24, 2.45) is 0 Å². The Bertz CT molecular complexity index is 991. The third-order valence-corrected chi connectivity index (χ3v) is 5.84. The third-order valence-electron chi connectivity index (χ3n) is 4.38. The first kappa shape index (κ1) is 19.0. The zero-order chi connectivity index (χ0) is 19.7. The van der Waals surface area contributed by atoms with Crippen molar-refractivity contribution in [3.63, 3.8) is 0 Å². The highest BCUT2D eigenvalue weighted by molar-refractivity contribution is 8.26. The number of anilines is 1. The second kappa shape index (κ2) is 7.95. The number of thioether (sulfide) groups is 1. The lowest BCUT2D eigenvalue weighted by Crippen LogP contribution is -2.45. The van der Waals surface area contributed by atoms with Crippen LogP contribution in [0, 0.1) is 0 Å². The Morgan fingerprint density at radius 3 is 2.64 bits per heavy atom. The van der Waals surface area contributed by atoms with E-state index in [-0.39, 0.29) is 18.2 Å². The summed E-state index contributed by atoms with van der Waals surface area (Å²) in [5.41, 5.74) is 1.68. The van der Waals surface area contributed by atoms with Gasteiger partial charge in [0.05, 0.1) is 17.1 Å². The molecule has 0 spiro atoms. The van der Waals surface area contributed by atoms with E-state index >= 15 is 0 Å². The summed E-state index contributed by atoms with van der Waals surface area (Å²) < 4.78 is 6.34. The summed E-state index contributed by atoms with van der Waals surface area (Å²) in [4.78, 5) is 27.2. The number of hydrogen-bond donors (Lipinski definition) is 1. The summed E-state index contributed by atoms with van der Waals surface area (Å²) in [6, 6.07) is 14.8. The Labute approximate surface area is 176 Å². The Morgan fingerprint density at radius 2 is 1.93 bits per heavy atom. The first-order chi connectivity index (χ1) is 13.5. The molecule has 1 fully saturated rings. The van der Waals surface area contributed by atoms with E-state index in [1.54, 1.807) is 23.1 Å². The lowest BCUT2D eigenvalue weighted by Gasteiger charge is -2.34. The summed E-state index contributed by atoms with van der Waals surface area (Å²) in [6.07, 6.45) is 1.27. The smallest absolute Gasteiger partial charge is 0.268 e. The summed E-state index contributed by atoms with van der Waals surface area (Å²) in [6.45, 7) is 0.406. The van der Waals surface area contributed by atoms with E-state index in [1.165, 1.54) is 11.8 Å². The van der Waals surface area contributed by atoms with Crippen molar-refractivity contribution in [1.29, 1.82) is 0 Å². The molecule has 1 N–H and O–H groups in total. The van der Waals surface area contributed by atoms with Gasteiger partial charge in [-0.25, -0.2) is 0 Å². The maximum absolute atomic E-state index is 13.1. The normalized spacial score (nSPS) is 20.2. The summed E-state index contributed by atoms with van der Waals surface area (Å²) in [5.74, 6) is 0.242. The number of nitrogens with one attached hydrogen (secondary N) is 1. The Balaban J connectivity index is 1.59. The first-order valence-corrected chi connectivity index (χ1v) is 10.2. The topological polar surface area (TPSA) is 58.6 Å². The van der Waals surface area contributed by atoms with Crippen molar-refractivity contribution in [2.45, 2.75) is 19.1 Å². The number of ether oxygens (including phenoxy) is 1. The van der Waals surface area contributed by atoms with E-state index in [4.69, 9.17) is 28.6 Å². The average Bonchev–Trinajstić information content (AvgIpc) is 3.01. The van der Waals surface area contributed by atoms with E-state index in [1.807, 2.05) is 36.4 Å². The predicted octanol–water partition coefficient (Wildman–Crippen LogP) is 4.06. The summed E-state index contributed by atoms with van der Waals surface area (Å²) in [5, 5.41) is 3.21. The molecule has 0 radical (unpaired) electrons. The lowest BCUT2D eigenvalue weighted by molar-refractivity contribution is -0.126. The van der Waals surface area contributed by atoms with Crippen LogP contribution in [0.2, 0.25) is 5.02 Å². The van der Waals surface area contributed by atoms with Crippen LogP contribution >= 0.6 is 35.6 Å². The molecule has 2 aliphatic rings. The van der Waals surface area contributed by atoms with Crippen LogP contribution in [0.15, 0.2) is 59.5 Å². The van der Waals surface area contributed by atoms with Gasteiger partial charge in [-0.15, -0.1) is 0 Å². The zero-order valence-corrected chi connectivity index (χ0v) is 16.9. The van der Waals surface area contributed by atoms with Gasteiger partial charge in [0, 0.05) is 11.4 Å². The van der Waals surface area contributed by atoms with E-state index in [2.05, 4.69) is 5.32 Å². The maximum atomic E-state index is 13.1. The zero-order valence-electron chi connectivity index (χ0n) is 14.6. The number of amides is 2. The van der Waals surface area contributed by atoms with E-state index < -0.39 is 6.10 Å². The molecule has 142 valence electrons. The van der Waals surface area contributed by atoms with Crippen LogP contribution in [-0.4, -0.2) is 22.2 Å². The maximum Gasteiger partial charge on any atom is 0.268 e. The molecule has 2 aromatic carbocycles. The number of para-hydroxylation sites is 2.